The third kappa shape index (κ3) is 2.81. The maximum atomic E-state index is 9.54. The maximum absolute atomic E-state index is 9.54. The summed E-state index contributed by atoms with van der Waals surface area (Å²) in [7, 11) is 0. The molecule has 1 heterocycles. The zero-order chi connectivity index (χ0) is 13.9. The lowest BCUT2D eigenvalue weighted by molar-refractivity contribution is 0.127. The van der Waals surface area contributed by atoms with Crippen LogP contribution in [0.2, 0.25) is 0 Å². The van der Waals surface area contributed by atoms with Crippen LogP contribution in [0.5, 0.6) is 0 Å². The first-order chi connectivity index (χ1) is 9.12. The maximum Gasteiger partial charge on any atom is 0.201 e. The lowest BCUT2D eigenvalue weighted by atomic mass is 9.83. The van der Waals surface area contributed by atoms with Gasteiger partial charge >= 0.3 is 0 Å². The number of nitrogens with zero attached hydrogens (tertiary/aromatic N) is 1. The van der Waals surface area contributed by atoms with E-state index in [4.69, 9.17) is 5.73 Å². The van der Waals surface area contributed by atoms with Gasteiger partial charge in [0.25, 0.3) is 0 Å². The Kier molecular flexibility index (Phi) is 3.95. The number of benzene rings is 1. The van der Waals surface area contributed by atoms with Gasteiger partial charge in [0.05, 0.1) is 17.6 Å². The molecule has 1 aromatic heterocycles. The Labute approximate surface area is 113 Å². The van der Waals surface area contributed by atoms with Crippen molar-refractivity contribution in [3.05, 3.63) is 18.2 Å². The van der Waals surface area contributed by atoms with Crippen molar-refractivity contribution in [2.75, 3.05) is 24.2 Å². The molecule has 0 amide bonds. The molecule has 104 valence electrons. The molecule has 0 aliphatic carbocycles. The molecule has 5 heteroatoms. The van der Waals surface area contributed by atoms with E-state index in [1.807, 2.05) is 18.2 Å². The first-order valence-corrected chi connectivity index (χ1v) is 6.72. The second-order valence-electron chi connectivity index (χ2n) is 5.08. The first-order valence-electron chi connectivity index (χ1n) is 6.72. The van der Waals surface area contributed by atoms with Gasteiger partial charge in [-0.2, -0.15) is 0 Å². The lowest BCUT2D eigenvalue weighted by Gasteiger charge is -2.29. The number of hydrogen-bond acceptors (Lipinski definition) is 4. The Morgan fingerprint density at radius 3 is 2.74 bits per heavy atom. The summed E-state index contributed by atoms with van der Waals surface area (Å²) in [6, 6.07) is 5.60. The van der Waals surface area contributed by atoms with Gasteiger partial charge in [-0.1, -0.05) is 13.8 Å². The highest BCUT2D eigenvalue weighted by molar-refractivity contribution is 5.80. The van der Waals surface area contributed by atoms with E-state index in [0.717, 1.165) is 35.5 Å². The lowest BCUT2D eigenvalue weighted by Crippen LogP contribution is -2.32. The SMILES string of the molecule is CCC(CC)(CO)CNc1nc2ccc(N)cc2[nH]1. The van der Waals surface area contributed by atoms with E-state index in [2.05, 4.69) is 29.1 Å². The summed E-state index contributed by atoms with van der Waals surface area (Å²) in [6.07, 6.45) is 1.86. The number of anilines is 2. The van der Waals surface area contributed by atoms with Crippen molar-refractivity contribution in [3.8, 4) is 0 Å². The summed E-state index contributed by atoms with van der Waals surface area (Å²) in [5.74, 6) is 0.723. The smallest absolute Gasteiger partial charge is 0.201 e. The normalized spacial score (nSPS) is 11.9. The highest BCUT2D eigenvalue weighted by Crippen LogP contribution is 2.26. The molecule has 2 aromatic rings. The Balaban J connectivity index is 2.13. The van der Waals surface area contributed by atoms with Gasteiger partial charge in [0.1, 0.15) is 0 Å². The number of nitrogens with two attached hydrogens (primary N) is 1. The summed E-state index contributed by atoms with van der Waals surface area (Å²) in [6.45, 7) is 5.08. The first kappa shape index (κ1) is 13.7. The topological polar surface area (TPSA) is 87.0 Å². The Morgan fingerprint density at radius 1 is 1.37 bits per heavy atom. The number of aliphatic hydroxyl groups is 1. The van der Waals surface area contributed by atoms with E-state index < -0.39 is 0 Å². The number of aliphatic hydroxyl groups excluding tert-OH is 1. The predicted molar refractivity (Wildman–Crippen MR) is 79.1 cm³/mol. The van der Waals surface area contributed by atoms with E-state index in [1.54, 1.807) is 0 Å². The number of aromatic nitrogens is 2. The number of nitrogens with one attached hydrogen (secondary N) is 2. The fourth-order valence-corrected chi connectivity index (χ4v) is 2.16. The third-order valence-electron chi connectivity index (χ3n) is 3.97. The molecule has 0 atom stereocenters. The second kappa shape index (κ2) is 5.48. The molecular formula is C14H22N4O. The van der Waals surface area contributed by atoms with E-state index in [-0.39, 0.29) is 12.0 Å². The summed E-state index contributed by atoms with van der Waals surface area (Å²) in [5, 5.41) is 12.8. The van der Waals surface area contributed by atoms with E-state index >= 15 is 0 Å². The minimum absolute atomic E-state index is 0.0853. The number of aromatic amines is 1. The number of imidazole rings is 1. The fraction of sp³-hybridized carbons (Fsp3) is 0.500. The molecule has 5 N–H and O–H groups in total. The van der Waals surface area contributed by atoms with Gasteiger partial charge in [0.15, 0.2) is 0 Å². The van der Waals surface area contributed by atoms with Gasteiger partial charge in [0, 0.05) is 17.6 Å². The Bertz CT molecular complexity index is 537. The second-order valence-corrected chi connectivity index (χ2v) is 5.08. The van der Waals surface area contributed by atoms with Crippen molar-refractivity contribution in [1.29, 1.82) is 0 Å². The van der Waals surface area contributed by atoms with Gasteiger partial charge in [-0.05, 0) is 31.0 Å². The monoisotopic (exact) mass is 262 g/mol. The summed E-state index contributed by atoms with van der Waals surface area (Å²) >= 11 is 0. The van der Waals surface area contributed by atoms with Crippen LogP contribution in [-0.4, -0.2) is 28.2 Å². The molecule has 0 saturated heterocycles. The molecule has 19 heavy (non-hydrogen) atoms. The van der Waals surface area contributed by atoms with Crippen LogP contribution in [0.1, 0.15) is 26.7 Å². The predicted octanol–water partition coefficient (Wildman–Crippen LogP) is 2.36. The largest absolute Gasteiger partial charge is 0.399 e. The minimum atomic E-state index is -0.0853. The number of rotatable bonds is 6. The quantitative estimate of drug-likeness (QED) is 0.602. The van der Waals surface area contributed by atoms with Gasteiger partial charge in [-0.25, -0.2) is 4.98 Å². The molecule has 5 nitrogen and oxygen atoms in total. The molecule has 0 unspecified atom stereocenters. The molecule has 0 saturated carbocycles. The fourth-order valence-electron chi connectivity index (χ4n) is 2.16. The van der Waals surface area contributed by atoms with Gasteiger partial charge in [-0.3, -0.25) is 0 Å². The number of fused-ring (bicyclic) bond motifs is 1. The van der Waals surface area contributed by atoms with Gasteiger partial charge < -0.3 is 21.1 Å². The van der Waals surface area contributed by atoms with Crippen LogP contribution in [0.15, 0.2) is 18.2 Å². The highest BCUT2D eigenvalue weighted by Gasteiger charge is 2.25. The molecule has 0 aliphatic rings. The van der Waals surface area contributed by atoms with E-state index in [9.17, 15) is 5.11 Å². The highest BCUT2D eigenvalue weighted by atomic mass is 16.3. The molecule has 0 spiro atoms. The van der Waals surface area contributed by atoms with Crippen LogP contribution in [0.25, 0.3) is 11.0 Å². The van der Waals surface area contributed by atoms with Crippen LogP contribution in [0.3, 0.4) is 0 Å². The number of hydrogen-bond donors (Lipinski definition) is 4. The van der Waals surface area contributed by atoms with Crippen LogP contribution < -0.4 is 11.1 Å². The molecule has 2 rings (SSSR count). The Hall–Kier alpha value is -1.75. The zero-order valence-electron chi connectivity index (χ0n) is 11.5. The third-order valence-corrected chi connectivity index (χ3v) is 3.97. The van der Waals surface area contributed by atoms with Crippen LogP contribution in [0, 0.1) is 5.41 Å². The summed E-state index contributed by atoms with van der Waals surface area (Å²) < 4.78 is 0. The Morgan fingerprint density at radius 2 is 2.11 bits per heavy atom. The average molecular weight is 262 g/mol. The summed E-state index contributed by atoms with van der Waals surface area (Å²) in [5.41, 5.74) is 8.18. The van der Waals surface area contributed by atoms with E-state index in [1.165, 1.54) is 0 Å². The molecule has 0 aliphatic heterocycles. The van der Waals surface area contributed by atoms with Crippen molar-refractivity contribution in [1.82, 2.24) is 9.97 Å². The number of nitrogen functional groups attached to an aromatic ring is 1. The van der Waals surface area contributed by atoms with Gasteiger partial charge in [-0.15, -0.1) is 0 Å². The standard InChI is InChI=1S/C14H22N4O/c1-3-14(4-2,9-19)8-16-13-17-11-6-5-10(15)7-12(11)18-13/h5-7,19H,3-4,8-9,15H2,1-2H3,(H2,16,17,18). The van der Waals surface area contributed by atoms with Crippen molar-refractivity contribution in [2.24, 2.45) is 5.41 Å². The minimum Gasteiger partial charge on any atom is -0.399 e. The van der Waals surface area contributed by atoms with Crippen molar-refractivity contribution < 1.29 is 5.11 Å². The molecular weight excluding hydrogens is 240 g/mol. The molecule has 0 radical (unpaired) electrons. The van der Waals surface area contributed by atoms with Crippen LogP contribution >= 0.6 is 0 Å². The molecule has 0 fully saturated rings. The van der Waals surface area contributed by atoms with Crippen molar-refractivity contribution >= 4 is 22.7 Å². The molecule has 1 aromatic carbocycles. The summed E-state index contributed by atoms with van der Waals surface area (Å²) in [4.78, 5) is 7.65. The average Bonchev–Trinajstić information content (AvgIpc) is 2.83. The van der Waals surface area contributed by atoms with Crippen molar-refractivity contribution in [2.45, 2.75) is 26.7 Å². The van der Waals surface area contributed by atoms with Crippen LogP contribution in [-0.2, 0) is 0 Å². The number of H-pyrrole nitrogens is 1. The molecule has 0 bridgehead atoms. The van der Waals surface area contributed by atoms with Crippen LogP contribution in [0.4, 0.5) is 11.6 Å². The van der Waals surface area contributed by atoms with Crippen molar-refractivity contribution in [3.63, 3.8) is 0 Å². The van der Waals surface area contributed by atoms with Gasteiger partial charge in [0.2, 0.25) is 5.95 Å². The zero-order valence-corrected chi connectivity index (χ0v) is 11.5. The van der Waals surface area contributed by atoms with E-state index in [0.29, 0.717) is 6.54 Å².